The molecule has 0 spiro atoms. The number of hydrogen-bond acceptors (Lipinski definition) is 4. The summed E-state index contributed by atoms with van der Waals surface area (Å²) < 4.78 is 7.25. The molecule has 0 aliphatic carbocycles. The van der Waals surface area contributed by atoms with Crippen LogP contribution in [0.15, 0.2) is 6.20 Å². The van der Waals surface area contributed by atoms with E-state index in [0.29, 0.717) is 12.2 Å². The number of amides is 1. The van der Waals surface area contributed by atoms with Crippen molar-refractivity contribution in [1.29, 1.82) is 0 Å². The molecule has 6 nitrogen and oxygen atoms in total. The predicted molar refractivity (Wildman–Crippen MR) is 77.2 cm³/mol. The van der Waals surface area contributed by atoms with Gasteiger partial charge in [0.2, 0.25) is 0 Å². The lowest BCUT2D eigenvalue weighted by Gasteiger charge is -2.36. The van der Waals surface area contributed by atoms with Crippen molar-refractivity contribution >= 4 is 11.8 Å². The lowest BCUT2D eigenvalue weighted by Crippen LogP contribution is -2.42. The van der Waals surface area contributed by atoms with Gasteiger partial charge in [-0.05, 0) is 40.0 Å². The lowest BCUT2D eigenvalue weighted by atomic mass is 9.99. The van der Waals surface area contributed by atoms with Gasteiger partial charge in [0.25, 0.3) is 0 Å². The maximum atomic E-state index is 12.4. The Labute approximate surface area is 119 Å². The van der Waals surface area contributed by atoms with E-state index in [0.717, 1.165) is 25.0 Å². The largest absolute Gasteiger partial charge is 0.444 e. The molecule has 1 saturated heterocycles. The third kappa shape index (κ3) is 3.05. The van der Waals surface area contributed by atoms with Crippen LogP contribution in [0.1, 0.15) is 51.8 Å². The van der Waals surface area contributed by atoms with E-state index < -0.39 is 5.60 Å². The third-order valence-electron chi connectivity index (χ3n) is 3.46. The van der Waals surface area contributed by atoms with Gasteiger partial charge in [0.15, 0.2) is 0 Å². The average molecular weight is 280 g/mol. The molecule has 6 heteroatoms. The maximum absolute atomic E-state index is 12.4. The minimum atomic E-state index is -0.489. The number of ether oxygens (including phenoxy) is 1. The number of nitrogen functional groups attached to an aromatic ring is 1. The van der Waals surface area contributed by atoms with Gasteiger partial charge >= 0.3 is 6.09 Å². The molecule has 0 aromatic carbocycles. The Morgan fingerprint density at radius 2 is 2.15 bits per heavy atom. The van der Waals surface area contributed by atoms with Crippen molar-refractivity contribution in [3.63, 3.8) is 0 Å². The zero-order chi connectivity index (χ0) is 14.9. The first-order valence-electron chi connectivity index (χ1n) is 7.06. The summed E-state index contributed by atoms with van der Waals surface area (Å²) in [4.78, 5) is 14.2. The van der Waals surface area contributed by atoms with Crippen molar-refractivity contribution < 1.29 is 9.53 Å². The number of piperidine rings is 1. The van der Waals surface area contributed by atoms with E-state index in [4.69, 9.17) is 10.5 Å². The molecule has 1 aliphatic heterocycles. The van der Waals surface area contributed by atoms with Crippen LogP contribution in [-0.4, -0.2) is 32.9 Å². The van der Waals surface area contributed by atoms with Crippen LogP contribution in [0.25, 0.3) is 0 Å². The van der Waals surface area contributed by atoms with E-state index in [-0.39, 0.29) is 12.1 Å². The maximum Gasteiger partial charge on any atom is 0.410 e. The smallest absolute Gasteiger partial charge is 0.410 e. The van der Waals surface area contributed by atoms with Crippen LogP contribution in [-0.2, 0) is 11.8 Å². The molecule has 1 aromatic heterocycles. The highest BCUT2D eigenvalue weighted by atomic mass is 16.6. The predicted octanol–water partition coefficient (Wildman–Crippen LogP) is 2.46. The highest BCUT2D eigenvalue weighted by Gasteiger charge is 2.34. The molecule has 1 unspecified atom stereocenters. The van der Waals surface area contributed by atoms with E-state index in [9.17, 15) is 4.79 Å². The number of carbonyl (C=O) groups excluding carboxylic acids is 1. The second kappa shape index (κ2) is 5.34. The lowest BCUT2D eigenvalue weighted by molar-refractivity contribution is 0.00870. The van der Waals surface area contributed by atoms with Crippen molar-refractivity contribution in [2.24, 2.45) is 7.05 Å². The Hall–Kier alpha value is -1.72. The molecule has 1 amide bonds. The molecule has 1 aliphatic rings. The molecule has 1 atom stereocenters. The SMILES string of the molecule is Cn1ncc(N)c1C1CCCCN1C(=O)OC(C)(C)C. The van der Waals surface area contributed by atoms with Gasteiger partial charge in [-0.15, -0.1) is 0 Å². The number of anilines is 1. The van der Waals surface area contributed by atoms with Crippen molar-refractivity contribution in [2.45, 2.75) is 51.7 Å². The van der Waals surface area contributed by atoms with Crippen LogP contribution in [0.2, 0.25) is 0 Å². The Balaban J connectivity index is 2.24. The summed E-state index contributed by atoms with van der Waals surface area (Å²) in [7, 11) is 1.85. The van der Waals surface area contributed by atoms with Gasteiger partial charge in [0.05, 0.1) is 23.6 Å². The number of nitrogens with zero attached hydrogens (tertiary/aromatic N) is 3. The normalized spacial score (nSPS) is 20.0. The minimum absolute atomic E-state index is 0.0499. The molecular weight excluding hydrogens is 256 g/mol. The standard InChI is InChI=1S/C14H24N4O2/c1-14(2,3)20-13(19)18-8-6-5-7-11(18)12-10(15)9-16-17(12)4/h9,11H,5-8,15H2,1-4H3. The second-order valence-electron chi connectivity index (χ2n) is 6.29. The summed E-state index contributed by atoms with van der Waals surface area (Å²) in [5, 5.41) is 4.17. The third-order valence-corrected chi connectivity index (χ3v) is 3.46. The van der Waals surface area contributed by atoms with Crippen LogP contribution in [0, 0.1) is 0 Å². The number of aromatic nitrogens is 2. The summed E-state index contributed by atoms with van der Waals surface area (Å²) >= 11 is 0. The molecule has 2 N–H and O–H groups in total. The summed E-state index contributed by atoms with van der Waals surface area (Å²) in [6.07, 6.45) is 4.32. The first-order chi connectivity index (χ1) is 9.29. The van der Waals surface area contributed by atoms with Gasteiger partial charge in [-0.3, -0.25) is 9.58 Å². The fourth-order valence-electron chi connectivity index (χ4n) is 2.63. The fourth-order valence-corrected chi connectivity index (χ4v) is 2.63. The van der Waals surface area contributed by atoms with Crippen LogP contribution in [0.5, 0.6) is 0 Å². The quantitative estimate of drug-likeness (QED) is 0.857. The number of aryl methyl sites for hydroxylation is 1. The number of hydrogen-bond donors (Lipinski definition) is 1. The molecule has 1 fully saturated rings. The van der Waals surface area contributed by atoms with Crippen LogP contribution in [0.4, 0.5) is 10.5 Å². The monoisotopic (exact) mass is 280 g/mol. The molecule has 0 bridgehead atoms. The number of carbonyl (C=O) groups is 1. The summed E-state index contributed by atoms with van der Waals surface area (Å²) in [5.41, 5.74) is 7.04. The number of rotatable bonds is 1. The summed E-state index contributed by atoms with van der Waals surface area (Å²) in [6, 6.07) is -0.0499. The van der Waals surface area contributed by atoms with Crippen LogP contribution >= 0.6 is 0 Å². The minimum Gasteiger partial charge on any atom is -0.444 e. The van der Waals surface area contributed by atoms with E-state index in [1.807, 2.05) is 27.8 Å². The fraction of sp³-hybridized carbons (Fsp3) is 0.714. The van der Waals surface area contributed by atoms with Gasteiger partial charge in [-0.25, -0.2) is 4.79 Å². The number of likely N-dealkylation sites (tertiary alicyclic amines) is 1. The molecular formula is C14H24N4O2. The first-order valence-corrected chi connectivity index (χ1v) is 7.06. The Morgan fingerprint density at radius 1 is 1.45 bits per heavy atom. The van der Waals surface area contributed by atoms with Crippen molar-refractivity contribution in [3.05, 3.63) is 11.9 Å². The highest BCUT2D eigenvalue weighted by Crippen LogP contribution is 2.34. The molecule has 0 saturated carbocycles. The van der Waals surface area contributed by atoms with E-state index >= 15 is 0 Å². The molecule has 20 heavy (non-hydrogen) atoms. The second-order valence-corrected chi connectivity index (χ2v) is 6.29. The van der Waals surface area contributed by atoms with E-state index in [1.54, 1.807) is 15.8 Å². The zero-order valence-corrected chi connectivity index (χ0v) is 12.7. The first kappa shape index (κ1) is 14.7. The van der Waals surface area contributed by atoms with Gasteiger partial charge in [-0.1, -0.05) is 0 Å². The molecule has 112 valence electrons. The topological polar surface area (TPSA) is 73.4 Å². The molecule has 1 aromatic rings. The van der Waals surface area contributed by atoms with E-state index in [2.05, 4.69) is 5.10 Å². The molecule has 0 radical (unpaired) electrons. The molecule has 2 heterocycles. The van der Waals surface area contributed by atoms with Gasteiger partial charge in [-0.2, -0.15) is 5.10 Å². The van der Waals surface area contributed by atoms with Crippen molar-refractivity contribution in [3.8, 4) is 0 Å². The summed E-state index contributed by atoms with van der Waals surface area (Å²) in [6.45, 7) is 6.33. The Kier molecular flexibility index (Phi) is 3.92. The van der Waals surface area contributed by atoms with Crippen LogP contribution < -0.4 is 5.73 Å². The zero-order valence-electron chi connectivity index (χ0n) is 12.7. The summed E-state index contributed by atoms with van der Waals surface area (Å²) in [5.74, 6) is 0. The van der Waals surface area contributed by atoms with Crippen LogP contribution in [0.3, 0.4) is 0 Å². The Morgan fingerprint density at radius 3 is 2.70 bits per heavy atom. The average Bonchev–Trinajstić information content (AvgIpc) is 2.67. The number of nitrogens with two attached hydrogens (primary N) is 1. The van der Waals surface area contributed by atoms with E-state index in [1.165, 1.54) is 0 Å². The highest BCUT2D eigenvalue weighted by molar-refractivity contribution is 5.69. The molecule has 2 rings (SSSR count). The van der Waals surface area contributed by atoms with Crippen molar-refractivity contribution in [2.75, 3.05) is 12.3 Å². The van der Waals surface area contributed by atoms with Gasteiger partial charge < -0.3 is 10.5 Å². The van der Waals surface area contributed by atoms with Gasteiger partial charge in [0, 0.05) is 13.6 Å². The van der Waals surface area contributed by atoms with Gasteiger partial charge in [0.1, 0.15) is 5.60 Å². The Bertz CT molecular complexity index is 470. The van der Waals surface area contributed by atoms with Crippen molar-refractivity contribution in [1.82, 2.24) is 14.7 Å².